The van der Waals surface area contributed by atoms with Crippen LogP contribution >= 0.6 is 0 Å². The fourth-order valence-electron chi connectivity index (χ4n) is 1.94. The van der Waals surface area contributed by atoms with Gasteiger partial charge in [0.2, 0.25) is 0 Å². The van der Waals surface area contributed by atoms with Gasteiger partial charge >= 0.3 is 0 Å². The van der Waals surface area contributed by atoms with Crippen molar-refractivity contribution in [3.63, 3.8) is 0 Å². The van der Waals surface area contributed by atoms with Crippen LogP contribution < -0.4 is 11.1 Å². The van der Waals surface area contributed by atoms with Crippen molar-refractivity contribution in [1.29, 1.82) is 5.26 Å². The monoisotopic (exact) mass is 269 g/mol. The summed E-state index contributed by atoms with van der Waals surface area (Å²) in [5.74, 6) is -0.281. The van der Waals surface area contributed by atoms with E-state index in [1.807, 2.05) is 13.0 Å². The molecule has 2 aromatic rings. The quantitative estimate of drug-likeness (QED) is 0.828. The smallest absolute Gasteiger partial charge is 0.259 e. The predicted octanol–water partition coefficient (Wildman–Crippen LogP) is 1.69. The molecule has 0 atom stereocenters. The third-order valence-corrected chi connectivity index (χ3v) is 2.90. The first kappa shape index (κ1) is 13.6. The second-order valence-corrected chi connectivity index (χ2v) is 4.39. The van der Waals surface area contributed by atoms with Crippen LogP contribution in [0.1, 0.15) is 28.5 Å². The van der Waals surface area contributed by atoms with Crippen LogP contribution in [0.4, 0.5) is 11.4 Å². The van der Waals surface area contributed by atoms with Gasteiger partial charge in [0.15, 0.2) is 0 Å². The zero-order valence-electron chi connectivity index (χ0n) is 11.3. The Morgan fingerprint density at radius 3 is 2.95 bits per heavy atom. The third-order valence-electron chi connectivity index (χ3n) is 2.90. The summed E-state index contributed by atoms with van der Waals surface area (Å²) < 4.78 is 1.60. The van der Waals surface area contributed by atoms with Crippen molar-refractivity contribution in [3.05, 3.63) is 41.2 Å². The maximum absolute atomic E-state index is 12.3. The number of hydrogen-bond acceptors (Lipinski definition) is 4. The molecular formula is C14H15N5O. The number of amides is 1. The Kier molecular flexibility index (Phi) is 3.71. The van der Waals surface area contributed by atoms with Crippen molar-refractivity contribution in [1.82, 2.24) is 9.78 Å². The summed E-state index contributed by atoms with van der Waals surface area (Å²) in [5.41, 5.74) is 8.11. The topological polar surface area (TPSA) is 96.7 Å². The normalized spacial score (nSPS) is 10.1. The number of carbonyl (C=O) groups excluding carboxylic acids is 1. The molecule has 1 aromatic carbocycles. The average molecular weight is 269 g/mol. The van der Waals surface area contributed by atoms with Crippen LogP contribution in [0.25, 0.3) is 0 Å². The Balaban J connectivity index is 2.30. The van der Waals surface area contributed by atoms with Gasteiger partial charge < -0.3 is 11.1 Å². The number of benzene rings is 1. The summed E-state index contributed by atoms with van der Waals surface area (Å²) >= 11 is 0. The molecule has 0 unspecified atom stereocenters. The largest absolute Gasteiger partial charge is 0.399 e. The lowest BCUT2D eigenvalue weighted by Gasteiger charge is -2.07. The van der Waals surface area contributed by atoms with Crippen LogP contribution in [0.3, 0.4) is 0 Å². The minimum absolute atomic E-state index is 0.281. The van der Waals surface area contributed by atoms with E-state index in [-0.39, 0.29) is 5.91 Å². The van der Waals surface area contributed by atoms with Crippen molar-refractivity contribution in [3.8, 4) is 6.07 Å². The minimum atomic E-state index is -0.281. The minimum Gasteiger partial charge on any atom is -0.399 e. The summed E-state index contributed by atoms with van der Waals surface area (Å²) in [6.07, 6.45) is 2.33. The Morgan fingerprint density at radius 2 is 2.30 bits per heavy atom. The van der Waals surface area contributed by atoms with Crippen molar-refractivity contribution in [2.75, 3.05) is 11.1 Å². The Bertz CT molecular complexity index is 696. The van der Waals surface area contributed by atoms with Crippen molar-refractivity contribution in [2.45, 2.75) is 13.3 Å². The predicted molar refractivity (Wildman–Crippen MR) is 76.1 cm³/mol. The highest BCUT2D eigenvalue weighted by Crippen LogP contribution is 2.19. The number of carbonyl (C=O) groups is 1. The summed E-state index contributed by atoms with van der Waals surface area (Å²) in [5, 5.41) is 16.0. The molecule has 0 aliphatic carbocycles. The van der Waals surface area contributed by atoms with Crippen LogP contribution in [-0.2, 0) is 13.5 Å². The number of nitrogens with zero attached hydrogens (tertiary/aromatic N) is 3. The van der Waals surface area contributed by atoms with Crippen LogP contribution in [0.2, 0.25) is 0 Å². The van der Waals surface area contributed by atoms with Gasteiger partial charge in [0.25, 0.3) is 5.91 Å². The number of nitriles is 1. The molecule has 0 fully saturated rings. The lowest BCUT2D eigenvalue weighted by Crippen LogP contribution is -2.14. The van der Waals surface area contributed by atoms with Gasteiger partial charge in [-0.3, -0.25) is 9.48 Å². The van der Waals surface area contributed by atoms with Gasteiger partial charge in [-0.1, -0.05) is 6.92 Å². The van der Waals surface area contributed by atoms with E-state index in [1.54, 1.807) is 30.1 Å². The van der Waals surface area contributed by atoms with E-state index >= 15 is 0 Å². The number of nitrogens with one attached hydrogen (secondary N) is 1. The Hall–Kier alpha value is -2.81. The molecule has 0 aliphatic heterocycles. The van der Waals surface area contributed by atoms with E-state index in [0.29, 0.717) is 28.9 Å². The average Bonchev–Trinajstić information content (AvgIpc) is 2.82. The second kappa shape index (κ2) is 5.45. The molecule has 0 saturated carbocycles. The molecule has 20 heavy (non-hydrogen) atoms. The summed E-state index contributed by atoms with van der Waals surface area (Å²) in [7, 11) is 1.76. The fourth-order valence-corrected chi connectivity index (χ4v) is 1.94. The lowest BCUT2D eigenvalue weighted by molar-refractivity contribution is 0.102. The Labute approximate surface area is 116 Å². The first-order chi connectivity index (χ1) is 9.55. The first-order valence-electron chi connectivity index (χ1n) is 6.18. The molecule has 3 N–H and O–H groups in total. The number of nitrogens with two attached hydrogens (primary N) is 1. The highest BCUT2D eigenvalue weighted by molar-refractivity contribution is 6.05. The summed E-state index contributed by atoms with van der Waals surface area (Å²) in [4.78, 5) is 12.3. The van der Waals surface area contributed by atoms with Crippen LogP contribution in [0.15, 0.2) is 24.4 Å². The van der Waals surface area contributed by atoms with Gasteiger partial charge in [0, 0.05) is 18.9 Å². The van der Waals surface area contributed by atoms with Gasteiger partial charge in [-0.2, -0.15) is 10.4 Å². The van der Waals surface area contributed by atoms with Crippen molar-refractivity contribution < 1.29 is 4.79 Å². The van der Waals surface area contributed by atoms with Gasteiger partial charge in [-0.15, -0.1) is 0 Å². The van der Waals surface area contributed by atoms with Gasteiger partial charge in [-0.05, 0) is 24.6 Å². The van der Waals surface area contributed by atoms with E-state index in [9.17, 15) is 4.79 Å². The maximum Gasteiger partial charge on any atom is 0.259 e. The van der Waals surface area contributed by atoms with Gasteiger partial charge in [0.1, 0.15) is 6.07 Å². The fraction of sp³-hybridized carbons (Fsp3) is 0.214. The van der Waals surface area contributed by atoms with E-state index in [2.05, 4.69) is 10.4 Å². The number of aryl methyl sites for hydroxylation is 2. The van der Waals surface area contributed by atoms with E-state index in [4.69, 9.17) is 11.0 Å². The van der Waals surface area contributed by atoms with Crippen LogP contribution in [0.5, 0.6) is 0 Å². The maximum atomic E-state index is 12.3. The van der Waals surface area contributed by atoms with Crippen molar-refractivity contribution >= 4 is 17.3 Å². The highest BCUT2D eigenvalue weighted by Gasteiger charge is 2.15. The van der Waals surface area contributed by atoms with Gasteiger partial charge in [0.05, 0.1) is 22.5 Å². The first-order valence-corrected chi connectivity index (χ1v) is 6.18. The summed E-state index contributed by atoms with van der Waals surface area (Å²) in [6, 6.07) is 6.80. The van der Waals surface area contributed by atoms with Crippen LogP contribution in [-0.4, -0.2) is 15.7 Å². The molecule has 0 radical (unpaired) electrons. The molecule has 0 aliphatic rings. The molecule has 6 heteroatoms. The Morgan fingerprint density at radius 1 is 1.55 bits per heavy atom. The van der Waals surface area contributed by atoms with E-state index in [1.165, 1.54) is 6.07 Å². The molecule has 102 valence electrons. The molecule has 0 spiro atoms. The molecule has 0 bridgehead atoms. The third kappa shape index (κ3) is 2.62. The number of aromatic nitrogens is 2. The SMILES string of the molecule is CCc1nn(C)cc1C(=O)Nc1ccc(N)cc1C#N. The molecule has 1 amide bonds. The summed E-state index contributed by atoms with van der Waals surface area (Å²) in [6.45, 7) is 1.93. The van der Waals surface area contributed by atoms with Crippen molar-refractivity contribution in [2.24, 2.45) is 7.05 Å². The standard InChI is InChI=1S/C14H15N5O/c1-3-12-11(8-19(2)18-12)14(20)17-13-5-4-10(16)6-9(13)7-15/h4-6,8H,3,16H2,1-2H3,(H,17,20). The number of hydrogen-bond donors (Lipinski definition) is 2. The zero-order chi connectivity index (χ0) is 14.7. The molecule has 2 rings (SSSR count). The number of rotatable bonds is 3. The van der Waals surface area contributed by atoms with Gasteiger partial charge in [-0.25, -0.2) is 0 Å². The molecule has 1 heterocycles. The molecular weight excluding hydrogens is 254 g/mol. The molecule has 1 aromatic heterocycles. The zero-order valence-corrected chi connectivity index (χ0v) is 11.3. The second-order valence-electron chi connectivity index (χ2n) is 4.39. The number of nitrogen functional groups attached to an aromatic ring is 1. The lowest BCUT2D eigenvalue weighted by atomic mass is 10.1. The van der Waals surface area contributed by atoms with E-state index in [0.717, 1.165) is 5.69 Å². The van der Waals surface area contributed by atoms with Crippen LogP contribution in [0, 0.1) is 11.3 Å². The molecule has 6 nitrogen and oxygen atoms in total. The van der Waals surface area contributed by atoms with E-state index < -0.39 is 0 Å². The number of anilines is 2. The highest BCUT2D eigenvalue weighted by atomic mass is 16.1. The molecule has 0 saturated heterocycles.